The molecule has 0 unspecified atom stereocenters. The normalized spacial score (nSPS) is 10.7. The lowest BCUT2D eigenvalue weighted by molar-refractivity contribution is 0.102. The minimum Gasteiger partial charge on any atom is -0.497 e. The van der Waals surface area contributed by atoms with Gasteiger partial charge in [0.25, 0.3) is 5.91 Å². The summed E-state index contributed by atoms with van der Waals surface area (Å²) >= 11 is 6.10. The van der Waals surface area contributed by atoms with Crippen molar-refractivity contribution in [2.75, 3.05) is 12.4 Å². The lowest BCUT2D eigenvalue weighted by Crippen LogP contribution is -2.14. The quantitative estimate of drug-likeness (QED) is 0.697. The Morgan fingerprint density at radius 1 is 1.27 bits per heavy atom. The molecule has 3 rings (SSSR count). The van der Waals surface area contributed by atoms with Gasteiger partial charge in [-0.15, -0.1) is 0 Å². The third-order valence-electron chi connectivity index (χ3n) is 3.97. The Labute approximate surface area is 154 Å². The molecular formula is C19H16ClFN2O3. The van der Waals surface area contributed by atoms with Crippen LogP contribution in [0.15, 0.2) is 40.9 Å². The van der Waals surface area contributed by atoms with Gasteiger partial charge in [-0.1, -0.05) is 22.8 Å². The fraction of sp³-hybridized carbons (Fsp3) is 0.158. The zero-order valence-corrected chi connectivity index (χ0v) is 15.1. The number of hydrogen-bond donors (Lipinski definition) is 1. The molecule has 0 aliphatic heterocycles. The third kappa shape index (κ3) is 3.28. The highest BCUT2D eigenvalue weighted by molar-refractivity contribution is 6.33. The molecule has 1 amide bonds. The average molecular weight is 375 g/mol. The molecule has 0 aliphatic carbocycles. The van der Waals surface area contributed by atoms with Crippen molar-refractivity contribution in [2.45, 2.75) is 13.8 Å². The number of halogens is 2. The molecular weight excluding hydrogens is 359 g/mol. The van der Waals surface area contributed by atoms with E-state index in [1.807, 2.05) is 6.92 Å². The van der Waals surface area contributed by atoms with Gasteiger partial charge in [0.05, 0.1) is 17.7 Å². The van der Waals surface area contributed by atoms with Gasteiger partial charge in [-0.25, -0.2) is 4.39 Å². The fourth-order valence-corrected chi connectivity index (χ4v) is 2.87. The molecule has 134 valence electrons. The van der Waals surface area contributed by atoms with Crippen molar-refractivity contribution in [3.63, 3.8) is 0 Å². The van der Waals surface area contributed by atoms with Crippen LogP contribution < -0.4 is 10.1 Å². The first-order valence-corrected chi connectivity index (χ1v) is 8.16. The number of nitrogens with zero attached hydrogens (tertiary/aromatic N) is 1. The zero-order chi connectivity index (χ0) is 18.8. The first kappa shape index (κ1) is 17.9. The smallest absolute Gasteiger partial charge is 0.261 e. The summed E-state index contributed by atoms with van der Waals surface area (Å²) in [5.41, 5.74) is 1.64. The molecule has 0 radical (unpaired) electrons. The van der Waals surface area contributed by atoms with Gasteiger partial charge in [-0.05, 0) is 49.7 Å². The van der Waals surface area contributed by atoms with Crippen LogP contribution in [-0.4, -0.2) is 18.2 Å². The van der Waals surface area contributed by atoms with E-state index in [1.54, 1.807) is 32.2 Å². The van der Waals surface area contributed by atoms with Gasteiger partial charge in [0.15, 0.2) is 0 Å². The Morgan fingerprint density at radius 3 is 2.69 bits per heavy atom. The summed E-state index contributed by atoms with van der Waals surface area (Å²) in [6.45, 7) is 3.42. The molecule has 0 aliphatic rings. The Bertz CT molecular complexity index is 965. The molecule has 0 bridgehead atoms. The maximum absolute atomic E-state index is 14.3. The molecule has 0 saturated heterocycles. The Kier molecular flexibility index (Phi) is 4.95. The number of anilines is 1. The molecule has 26 heavy (non-hydrogen) atoms. The van der Waals surface area contributed by atoms with Crippen molar-refractivity contribution in [1.82, 2.24) is 5.16 Å². The van der Waals surface area contributed by atoms with E-state index in [9.17, 15) is 9.18 Å². The van der Waals surface area contributed by atoms with Gasteiger partial charge in [-0.3, -0.25) is 4.79 Å². The molecule has 0 spiro atoms. The molecule has 0 fully saturated rings. The Balaban J connectivity index is 2.00. The minimum absolute atomic E-state index is 0.0302. The Morgan fingerprint density at radius 2 is 2.04 bits per heavy atom. The van der Waals surface area contributed by atoms with E-state index in [0.717, 1.165) is 5.56 Å². The number of benzene rings is 2. The highest BCUT2D eigenvalue weighted by atomic mass is 35.5. The fourth-order valence-electron chi connectivity index (χ4n) is 2.62. The molecule has 1 N–H and O–H groups in total. The standard InChI is InChI=1S/C19H16ClFN2O3/c1-10-9-12(25-3)7-8-15(10)22-19(24)16-11(2)26-23-18(16)17-13(20)5-4-6-14(17)21/h4-9H,1-3H3,(H,22,24). The van der Waals surface area contributed by atoms with E-state index in [4.69, 9.17) is 20.9 Å². The van der Waals surface area contributed by atoms with Crippen molar-refractivity contribution >= 4 is 23.2 Å². The molecule has 5 nitrogen and oxygen atoms in total. The number of ether oxygens (including phenoxy) is 1. The zero-order valence-electron chi connectivity index (χ0n) is 14.4. The largest absolute Gasteiger partial charge is 0.497 e. The molecule has 1 heterocycles. The third-order valence-corrected chi connectivity index (χ3v) is 4.29. The van der Waals surface area contributed by atoms with Crippen molar-refractivity contribution < 1.29 is 18.4 Å². The van der Waals surface area contributed by atoms with Crippen LogP contribution in [0.5, 0.6) is 5.75 Å². The number of aromatic nitrogens is 1. The van der Waals surface area contributed by atoms with E-state index in [2.05, 4.69) is 10.5 Å². The van der Waals surface area contributed by atoms with E-state index >= 15 is 0 Å². The van der Waals surface area contributed by atoms with Gasteiger partial charge in [0.1, 0.15) is 28.6 Å². The SMILES string of the molecule is COc1ccc(NC(=O)c2c(-c3c(F)cccc3Cl)noc2C)c(C)c1. The van der Waals surface area contributed by atoms with E-state index in [1.165, 1.54) is 18.2 Å². The monoisotopic (exact) mass is 374 g/mol. The summed E-state index contributed by atoms with van der Waals surface area (Å²) in [4.78, 5) is 12.8. The number of carbonyl (C=O) groups is 1. The first-order valence-electron chi connectivity index (χ1n) is 7.79. The van der Waals surface area contributed by atoms with Crippen LogP contribution >= 0.6 is 11.6 Å². The topological polar surface area (TPSA) is 64.4 Å². The van der Waals surface area contributed by atoms with E-state index in [0.29, 0.717) is 11.4 Å². The minimum atomic E-state index is -0.583. The van der Waals surface area contributed by atoms with Crippen LogP contribution in [0, 0.1) is 19.7 Å². The summed E-state index contributed by atoms with van der Waals surface area (Å²) in [6.07, 6.45) is 0. The van der Waals surface area contributed by atoms with Crippen LogP contribution in [0.1, 0.15) is 21.7 Å². The van der Waals surface area contributed by atoms with Crippen molar-refractivity contribution in [3.8, 4) is 17.0 Å². The molecule has 0 saturated carbocycles. The molecule has 2 aromatic carbocycles. The van der Waals surface area contributed by atoms with Crippen LogP contribution in [0.2, 0.25) is 5.02 Å². The van der Waals surface area contributed by atoms with Crippen LogP contribution in [0.4, 0.5) is 10.1 Å². The number of rotatable bonds is 4. The summed E-state index contributed by atoms with van der Waals surface area (Å²) < 4.78 is 24.5. The van der Waals surface area contributed by atoms with Crippen LogP contribution in [0.3, 0.4) is 0 Å². The second-order valence-electron chi connectivity index (χ2n) is 5.69. The maximum atomic E-state index is 14.3. The average Bonchev–Trinajstić information content (AvgIpc) is 2.98. The molecule has 3 aromatic rings. The van der Waals surface area contributed by atoms with Crippen LogP contribution in [-0.2, 0) is 0 Å². The van der Waals surface area contributed by atoms with Crippen molar-refractivity contribution in [3.05, 3.63) is 64.1 Å². The highest BCUT2D eigenvalue weighted by Crippen LogP contribution is 2.34. The van der Waals surface area contributed by atoms with Crippen LogP contribution in [0.25, 0.3) is 11.3 Å². The number of amides is 1. The number of nitrogens with one attached hydrogen (secondary N) is 1. The molecule has 1 aromatic heterocycles. The maximum Gasteiger partial charge on any atom is 0.261 e. The number of aryl methyl sites for hydroxylation is 2. The van der Waals surface area contributed by atoms with Gasteiger partial charge in [-0.2, -0.15) is 0 Å². The second kappa shape index (κ2) is 7.17. The lowest BCUT2D eigenvalue weighted by atomic mass is 10.0. The number of methoxy groups -OCH3 is 1. The second-order valence-corrected chi connectivity index (χ2v) is 6.10. The number of carbonyl (C=O) groups excluding carboxylic acids is 1. The van der Waals surface area contributed by atoms with Gasteiger partial charge < -0.3 is 14.6 Å². The molecule has 7 heteroatoms. The lowest BCUT2D eigenvalue weighted by Gasteiger charge is -2.10. The van der Waals surface area contributed by atoms with Gasteiger partial charge >= 0.3 is 0 Å². The van der Waals surface area contributed by atoms with Gasteiger partial charge in [0.2, 0.25) is 0 Å². The first-order chi connectivity index (χ1) is 12.4. The molecule has 0 atom stereocenters. The van der Waals surface area contributed by atoms with E-state index in [-0.39, 0.29) is 27.6 Å². The summed E-state index contributed by atoms with van der Waals surface area (Å²) in [5.74, 6) is -0.102. The highest BCUT2D eigenvalue weighted by Gasteiger charge is 2.25. The predicted molar refractivity (Wildman–Crippen MR) is 97.3 cm³/mol. The Hall–Kier alpha value is -2.86. The number of hydrogen-bond acceptors (Lipinski definition) is 4. The predicted octanol–water partition coefficient (Wildman–Crippen LogP) is 5.01. The summed E-state index contributed by atoms with van der Waals surface area (Å²) in [6, 6.07) is 9.52. The summed E-state index contributed by atoms with van der Waals surface area (Å²) in [7, 11) is 1.57. The van der Waals surface area contributed by atoms with Crippen molar-refractivity contribution in [1.29, 1.82) is 0 Å². The van der Waals surface area contributed by atoms with Crippen molar-refractivity contribution in [2.24, 2.45) is 0 Å². The van der Waals surface area contributed by atoms with E-state index < -0.39 is 11.7 Å². The summed E-state index contributed by atoms with van der Waals surface area (Å²) in [5, 5.41) is 6.78. The van der Waals surface area contributed by atoms with Gasteiger partial charge in [0, 0.05) is 5.69 Å².